The first-order chi connectivity index (χ1) is 15.8. The van der Waals surface area contributed by atoms with Gasteiger partial charge in [-0.1, -0.05) is 45.0 Å². The number of likely N-dealkylation sites (tertiary alicyclic amines) is 1. The number of pyridine rings is 1. The Bertz CT molecular complexity index is 1160. The monoisotopic (exact) mass is 444 g/mol. The largest absolute Gasteiger partial charge is 0.507 e. The molecule has 7 nitrogen and oxygen atoms in total. The second-order valence-electron chi connectivity index (χ2n) is 9.25. The molecule has 4 rings (SSSR count). The molecule has 7 heteroatoms. The molecule has 2 aromatic heterocycles. The Labute approximate surface area is 193 Å². The number of ketones is 1. The third kappa shape index (κ3) is 4.58. The SMILES string of the molecule is CC(C)(C)c1ccc(C2C(=C(O)c3ccncc3)C(=O)C(=O)N2CCCn2ccnc2)cc1. The fraction of sp³-hybridized carbons (Fsp3) is 0.308. The average molecular weight is 445 g/mol. The summed E-state index contributed by atoms with van der Waals surface area (Å²) in [5.74, 6) is -1.45. The van der Waals surface area contributed by atoms with Crippen molar-refractivity contribution in [2.24, 2.45) is 0 Å². The Morgan fingerprint density at radius 1 is 0.970 bits per heavy atom. The van der Waals surface area contributed by atoms with Crippen LogP contribution in [0, 0.1) is 0 Å². The van der Waals surface area contributed by atoms with Crippen molar-refractivity contribution in [3.05, 3.63) is 89.8 Å². The molecule has 0 saturated carbocycles. The van der Waals surface area contributed by atoms with Gasteiger partial charge in [-0.3, -0.25) is 14.6 Å². The molecule has 1 amide bonds. The molecule has 1 N–H and O–H groups in total. The van der Waals surface area contributed by atoms with Crippen LogP contribution >= 0.6 is 0 Å². The van der Waals surface area contributed by atoms with E-state index in [0.29, 0.717) is 25.1 Å². The Morgan fingerprint density at radius 2 is 1.67 bits per heavy atom. The summed E-state index contributed by atoms with van der Waals surface area (Å²) in [6.45, 7) is 7.44. The Morgan fingerprint density at radius 3 is 2.27 bits per heavy atom. The molecular weight excluding hydrogens is 416 g/mol. The molecule has 1 aromatic carbocycles. The number of imidazole rings is 1. The van der Waals surface area contributed by atoms with Crippen LogP contribution in [0.15, 0.2) is 73.1 Å². The molecule has 0 radical (unpaired) electrons. The van der Waals surface area contributed by atoms with Crippen molar-refractivity contribution in [1.29, 1.82) is 0 Å². The molecule has 33 heavy (non-hydrogen) atoms. The maximum Gasteiger partial charge on any atom is 0.295 e. The van der Waals surface area contributed by atoms with E-state index in [2.05, 4.69) is 30.7 Å². The second kappa shape index (κ2) is 9.02. The van der Waals surface area contributed by atoms with Gasteiger partial charge in [0.25, 0.3) is 11.7 Å². The van der Waals surface area contributed by atoms with Crippen molar-refractivity contribution < 1.29 is 14.7 Å². The molecule has 3 aromatic rings. The number of hydrogen-bond donors (Lipinski definition) is 1. The van der Waals surface area contributed by atoms with Crippen molar-refractivity contribution in [3.8, 4) is 0 Å². The van der Waals surface area contributed by atoms with Crippen LogP contribution in [0.25, 0.3) is 5.76 Å². The van der Waals surface area contributed by atoms with Crippen molar-refractivity contribution in [2.75, 3.05) is 6.54 Å². The first kappa shape index (κ1) is 22.5. The molecule has 1 atom stereocenters. The van der Waals surface area contributed by atoms with E-state index in [0.717, 1.165) is 11.1 Å². The number of aromatic nitrogens is 3. The van der Waals surface area contributed by atoms with Gasteiger partial charge in [-0.05, 0) is 35.1 Å². The smallest absolute Gasteiger partial charge is 0.295 e. The molecule has 1 aliphatic heterocycles. The Hall–Kier alpha value is -3.74. The van der Waals surface area contributed by atoms with Gasteiger partial charge in [-0.25, -0.2) is 4.98 Å². The van der Waals surface area contributed by atoms with Gasteiger partial charge in [-0.2, -0.15) is 0 Å². The van der Waals surface area contributed by atoms with Gasteiger partial charge >= 0.3 is 0 Å². The molecule has 1 saturated heterocycles. The maximum absolute atomic E-state index is 13.1. The van der Waals surface area contributed by atoms with E-state index in [1.54, 1.807) is 42.0 Å². The summed E-state index contributed by atoms with van der Waals surface area (Å²) in [5, 5.41) is 11.1. The zero-order chi connectivity index (χ0) is 23.6. The highest BCUT2D eigenvalue weighted by Gasteiger charge is 2.45. The molecule has 1 aliphatic rings. The lowest BCUT2D eigenvalue weighted by Crippen LogP contribution is -2.31. The van der Waals surface area contributed by atoms with Gasteiger partial charge in [-0.15, -0.1) is 0 Å². The Kier molecular flexibility index (Phi) is 6.14. The number of benzene rings is 1. The minimum Gasteiger partial charge on any atom is -0.507 e. The average Bonchev–Trinajstić information content (AvgIpc) is 3.41. The van der Waals surface area contributed by atoms with Gasteiger partial charge < -0.3 is 14.6 Å². The van der Waals surface area contributed by atoms with Crippen molar-refractivity contribution in [2.45, 2.75) is 45.2 Å². The number of rotatable bonds is 6. The van der Waals surface area contributed by atoms with Gasteiger partial charge in [0.1, 0.15) is 5.76 Å². The number of carbonyl (C=O) groups excluding carboxylic acids is 2. The number of aliphatic hydroxyl groups excluding tert-OH is 1. The van der Waals surface area contributed by atoms with Gasteiger partial charge in [0.2, 0.25) is 0 Å². The van der Waals surface area contributed by atoms with Crippen LogP contribution in [0.5, 0.6) is 0 Å². The van der Waals surface area contributed by atoms with E-state index in [1.165, 1.54) is 0 Å². The molecule has 0 bridgehead atoms. The number of carbonyl (C=O) groups is 2. The molecule has 170 valence electrons. The predicted octanol–water partition coefficient (Wildman–Crippen LogP) is 4.09. The summed E-state index contributed by atoms with van der Waals surface area (Å²) in [4.78, 5) is 35.7. The first-order valence-corrected chi connectivity index (χ1v) is 11.0. The lowest BCUT2D eigenvalue weighted by molar-refractivity contribution is -0.139. The number of aliphatic hydroxyl groups is 1. The maximum atomic E-state index is 13.1. The van der Waals surface area contributed by atoms with Gasteiger partial charge in [0.15, 0.2) is 0 Å². The minimum absolute atomic E-state index is 0.0256. The normalized spacial score (nSPS) is 18.2. The molecular formula is C26H28N4O3. The van der Waals surface area contributed by atoms with E-state index >= 15 is 0 Å². The number of nitrogens with zero attached hydrogens (tertiary/aromatic N) is 4. The molecule has 0 aliphatic carbocycles. The van der Waals surface area contributed by atoms with E-state index in [4.69, 9.17) is 0 Å². The molecule has 0 spiro atoms. The lowest BCUT2D eigenvalue weighted by Gasteiger charge is -2.26. The van der Waals surface area contributed by atoms with E-state index in [1.807, 2.05) is 35.0 Å². The highest BCUT2D eigenvalue weighted by atomic mass is 16.3. The molecule has 1 unspecified atom stereocenters. The van der Waals surface area contributed by atoms with E-state index < -0.39 is 17.7 Å². The van der Waals surface area contributed by atoms with Crippen LogP contribution in [0.2, 0.25) is 0 Å². The van der Waals surface area contributed by atoms with Crippen LogP contribution in [0.4, 0.5) is 0 Å². The first-order valence-electron chi connectivity index (χ1n) is 11.0. The predicted molar refractivity (Wildman–Crippen MR) is 125 cm³/mol. The van der Waals surface area contributed by atoms with E-state index in [9.17, 15) is 14.7 Å². The van der Waals surface area contributed by atoms with Crippen molar-refractivity contribution in [3.63, 3.8) is 0 Å². The summed E-state index contributed by atoms with van der Waals surface area (Å²) >= 11 is 0. The zero-order valence-corrected chi connectivity index (χ0v) is 19.1. The molecule has 3 heterocycles. The second-order valence-corrected chi connectivity index (χ2v) is 9.25. The van der Waals surface area contributed by atoms with Crippen LogP contribution in [0.3, 0.4) is 0 Å². The summed E-state index contributed by atoms with van der Waals surface area (Å²) < 4.78 is 1.93. The highest BCUT2D eigenvalue weighted by molar-refractivity contribution is 6.46. The van der Waals surface area contributed by atoms with Crippen LogP contribution < -0.4 is 0 Å². The quantitative estimate of drug-likeness (QED) is 0.351. The van der Waals surface area contributed by atoms with Crippen LogP contribution in [-0.2, 0) is 21.5 Å². The number of aryl methyl sites for hydroxylation is 1. The van der Waals surface area contributed by atoms with Crippen molar-refractivity contribution in [1.82, 2.24) is 19.4 Å². The minimum atomic E-state index is -0.670. The summed E-state index contributed by atoms with van der Waals surface area (Å²) in [6.07, 6.45) is 9.03. The lowest BCUT2D eigenvalue weighted by atomic mass is 9.85. The third-order valence-corrected chi connectivity index (χ3v) is 5.96. The van der Waals surface area contributed by atoms with Gasteiger partial charge in [0.05, 0.1) is 17.9 Å². The standard InChI is InChI=1S/C26H28N4O3/c1-26(2,3)20-7-5-18(6-8-20)22-21(23(31)19-9-11-27-12-10-19)24(32)25(33)30(22)15-4-14-29-16-13-28-17-29/h5-13,16-17,22,31H,4,14-15H2,1-3H3. The highest BCUT2D eigenvalue weighted by Crippen LogP contribution is 2.40. The summed E-state index contributed by atoms with van der Waals surface area (Å²) in [7, 11) is 0. The van der Waals surface area contributed by atoms with E-state index in [-0.39, 0.29) is 16.7 Å². The number of hydrogen-bond acceptors (Lipinski definition) is 5. The van der Waals surface area contributed by atoms with Crippen molar-refractivity contribution >= 4 is 17.4 Å². The number of Topliss-reactive ketones (excluding diaryl/α,β-unsaturated/α-hetero) is 1. The third-order valence-electron chi connectivity index (χ3n) is 5.96. The summed E-state index contributed by atoms with van der Waals surface area (Å²) in [5.41, 5.74) is 2.48. The molecule has 1 fully saturated rings. The number of amides is 1. The summed E-state index contributed by atoms with van der Waals surface area (Å²) in [6, 6.07) is 10.5. The van der Waals surface area contributed by atoms with Gasteiger partial charge in [0, 0.05) is 43.4 Å². The topological polar surface area (TPSA) is 88.3 Å². The fourth-order valence-electron chi connectivity index (χ4n) is 4.13. The van der Waals surface area contributed by atoms with Crippen LogP contribution in [0.1, 0.15) is 49.9 Å². The van der Waals surface area contributed by atoms with Crippen LogP contribution in [-0.4, -0.2) is 42.8 Å². The fourth-order valence-corrected chi connectivity index (χ4v) is 4.13. The Balaban J connectivity index is 1.73. The zero-order valence-electron chi connectivity index (χ0n) is 19.1.